The van der Waals surface area contributed by atoms with Gasteiger partial charge < -0.3 is 14.8 Å². The lowest BCUT2D eigenvalue weighted by atomic mass is 10.1. The van der Waals surface area contributed by atoms with Gasteiger partial charge in [0, 0.05) is 12.1 Å². The number of aliphatic hydroxyl groups is 1. The van der Waals surface area contributed by atoms with E-state index in [-0.39, 0.29) is 12.5 Å². The highest BCUT2D eigenvalue weighted by atomic mass is 16.3. The third-order valence-corrected chi connectivity index (χ3v) is 2.35. The molecule has 4 nitrogen and oxygen atoms in total. The summed E-state index contributed by atoms with van der Waals surface area (Å²) in [6.07, 6.45) is -0.539. The van der Waals surface area contributed by atoms with Crippen LogP contribution in [0.15, 0.2) is 4.42 Å². The summed E-state index contributed by atoms with van der Waals surface area (Å²) in [6, 6.07) is 0. The Morgan fingerprint density at radius 3 is 2.40 bits per heavy atom. The number of aryl methyl sites for hydroxylation is 2. The van der Waals surface area contributed by atoms with E-state index in [4.69, 9.17) is 9.52 Å². The molecule has 4 heteroatoms. The fourth-order valence-corrected chi connectivity index (χ4v) is 1.46. The predicted octanol–water partition coefficient (Wildman–Crippen LogP) is 1.32. The summed E-state index contributed by atoms with van der Waals surface area (Å²) in [7, 11) is 0. The molecule has 1 aromatic rings. The third-order valence-electron chi connectivity index (χ3n) is 2.35. The molecule has 0 aliphatic carbocycles. The maximum atomic E-state index is 11.7. The van der Waals surface area contributed by atoms with E-state index in [0.29, 0.717) is 11.3 Å². The topological polar surface area (TPSA) is 62.5 Å². The smallest absolute Gasteiger partial charge is 0.255 e. The normalized spacial score (nSPS) is 12.6. The summed E-state index contributed by atoms with van der Waals surface area (Å²) in [5.74, 6) is 1.19. The summed E-state index contributed by atoms with van der Waals surface area (Å²) in [5.41, 5.74) is 1.43. The maximum absolute atomic E-state index is 11.7. The maximum Gasteiger partial charge on any atom is 0.255 e. The minimum atomic E-state index is -0.539. The van der Waals surface area contributed by atoms with Crippen molar-refractivity contribution in [1.29, 1.82) is 0 Å². The van der Waals surface area contributed by atoms with Gasteiger partial charge in [-0.25, -0.2) is 0 Å². The molecule has 1 aromatic heterocycles. The summed E-state index contributed by atoms with van der Waals surface area (Å²) in [6.45, 7) is 7.32. The minimum Gasteiger partial charge on any atom is -0.466 e. The van der Waals surface area contributed by atoms with Gasteiger partial charge in [0.1, 0.15) is 11.5 Å². The molecule has 0 spiro atoms. The van der Waals surface area contributed by atoms with Gasteiger partial charge in [-0.05, 0) is 27.7 Å². The number of nitrogens with one attached hydrogen (secondary N) is 1. The van der Waals surface area contributed by atoms with E-state index in [2.05, 4.69) is 5.32 Å². The first-order chi connectivity index (χ1) is 6.93. The van der Waals surface area contributed by atoms with Crippen molar-refractivity contribution in [2.45, 2.75) is 33.8 Å². The number of hydrogen-bond acceptors (Lipinski definition) is 3. The zero-order valence-corrected chi connectivity index (χ0v) is 9.55. The van der Waals surface area contributed by atoms with E-state index < -0.39 is 6.10 Å². The van der Waals surface area contributed by atoms with Crippen LogP contribution < -0.4 is 5.32 Å². The average molecular weight is 211 g/mol. The second kappa shape index (κ2) is 4.49. The second-order valence-corrected chi connectivity index (χ2v) is 3.77. The molecule has 2 N–H and O–H groups in total. The van der Waals surface area contributed by atoms with Crippen LogP contribution in [-0.4, -0.2) is 23.7 Å². The van der Waals surface area contributed by atoms with Crippen molar-refractivity contribution in [3.63, 3.8) is 0 Å². The van der Waals surface area contributed by atoms with E-state index in [0.717, 1.165) is 11.3 Å². The molecule has 0 fully saturated rings. The molecule has 0 aliphatic rings. The van der Waals surface area contributed by atoms with Crippen LogP contribution in [0.5, 0.6) is 0 Å². The highest BCUT2D eigenvalue weighted by molar-refractivity contribution is 5.96. The molecule has 0 saturated heterocycles. The Balaban J connectivity index is 2.82. The highest BCUT2D eigenvalue weighted by Gasteiger charge is 2.18. The van der Waals surface area contributed by atoms with E-state index in [1.807, 2.05) is 13.8 Å². The van der Waals surface area contributed by atoms with Gasteiger partial charge >= 0.3 is 0 Å². The molecule has 1 heterocycles. The van der Waals surface area contributed by atoms with Gasteiger partial charge in [-0.1, -0.05) is 0 Å². The van der Waals surface area contributed by atoms with Crippen molar-refractivity contribution in [3.05, 3.63) is 22.6 Å². The lowest BCUT2D eigenvalue weighted by molar-refractivity contribution is 0.0922. The van der Waals surface area contributed by atoms with Gasteiger partial charge in [-0.15, -0.1) is 0 Å². The van der Waals surface area contributed by atoms with Crippen molar-refractivity contribution < 1.29 is 14.3 Å². The van der Waals surface area contributed by atoms with Crippen LogP contribution in [-0.2, 0) is 0 Å². The molecule has 0 aliphatic heterocycles. The number of hydrogen-bond donors (Lipinski definition) is 2. The zero-order valence-electron chi connectivity index (χ0n) is 9.55. The third kappa shape index (κ3) is 2.59. The molecule has 0 radical (unpaired) electrons. The molecule has 0 bridgehead atoms. The number of aliphatic hydroxyl groups excluding tert-OH is 1. The van der Waals surface area contributed by atoms with Crippen molar-refractivity contribution in [1.82, 2.24) is 5.32 Å². The van der Waals surface area contributed by atoms with Gasteiger partial charge in [0.2, 0.25) is 0 Å². The van der Waals surface area contributed by atoms with E-state index in [9.17, 15) is 4.79 Å². The molecular weight excluding hydrogens is 194 g/mol. The summed E-state index contributed by atoms with van der Waals surface area (Å²) >= 11 is 0. The molecule has 0 unspecified atom stereocenters. The molecular formula is C11H17NO3. The summed E-state index contributed by atoms with van der Waals surface area (Å²) in [5, 5.41) is 11.7. The van der Waals surface area contributed by atoms with Crippen molar-refractivity contribution in [2.24, 2.45) is 0 Å². The average Bonchev–Trinajstić information content (AvgIpc) is 2.37. The predicted molar refractivity (Wildman–Crippen MR) is 56.9 cm³/mol. The Labute approximate surface area is 89.3 Å². The van der Waals surface area contributed by atoms with Crippen LogP contribution in [0, 0.1) is 20.8 Å². The second-order valence-electron chi connectivity index (χ2n) is 3.77. The zero-order chi connectivity index (χ0) is 11.6. The molecule has 1 atom stereocenters. The molecule has 1 amide bonds. The Hall–Kier alpha value is -1.29. The van der Waals surface area contributed by atoms with Crippen molar-refractivity contribution >= 4 is 5.91 Å². The largest absolute Gasteiger partial charge is 0.466 e. The number of carbonyl (C=O) groups excluding carboxylic acids is 1. The fraction of sp³-hybridized carbons (Fsp3) is 0.545. The van der Waals surface area contributed by atoms with Gasteiger partial charge in [0.05, 0.1) is 11.7 Å². The Bertz CT molecular complexity index is 366. The van der Waals surface area contributed by atoms with Gasteiger partial charge in [0.25, 0.3) is 5.91 Å². The molecule has 84 valence electrons. The number of carbonyl (C=O) groups is 1. The van der Waals surface area contributed by atoms with Gasteiger partial charge in [0.15, 0.2) is 0 Å². The molecule has 0 aromatic carbocycles. The van der Waals surface area contributed by atoms with Crippen LogP contribution >= 0.6 is 0 Å². The SMILES string of the molecule is Cc1oc(C)c(C(=O)NC[C@@H](C)O)c1C. The fourth-order valence-electron chi connectivity index (χ4n) is 1.46. The highest BCUT2D eigenvalue weighted by Crippen LogP contribution is 2.20. The van der Waals surface area contributed by atoms with Gasteiger partial charge in [-0.3, -0.25) is 4.79 Å². The lowest BCUT2D eigenvalue weighted by Gasteiger charge is -2.06. The quantitative estimate of drug-likeness (QED) is 0.792. The molecule has 1 rings (SSSR count). The van der Waals surface area contributed by atoms with Gasteiger partial charge in [-0.2, -0.15) is 0 Å². The Kier molecular flexibility index (Phi) is 3.52. The van der Waals surface area contributed by atoms with Crippen LogP contribution in [0.4, 0.5) is 0 Å². The van der Waals surface area contributed by atoms with E-state index >= 15 is 0 Å². The minimum absolute atomic E-state index is 0.192. The monoisotopic (exact) mass is 211 g/mol. The van der Waals surface area contributed by atoms with E-state index in [1.54, 1.807) is 13.8 Å². The first-order valence-corrected chi connectivity index (χ1v) is 4.96. The standard InChI is InChI=1S/C11H17NO3/c1-6(13)5-12-11(14)10-7(2)8(3)15-9(10)4/h6,13H,5H2,1-4H3,(H,12,14)/t6-/m1/s1. The summed E-state index contributed by atoms with van der Waals surface area (Å²) in [4.78, 5) is 11.7. The van der Waals surface area contributed by atoms with Crippen molar-refractivity contribution in [2.75, 3.05) is 6.54 Å². The van der Waals surface area contributed by atoms with Crippen LogP contribution in [0.2, 0.25) is 0 Å². The van der Waals surface area contributed by atoms with Crippen LogP contribution in [0.3, 0.4) is 0 Å². The van der Waals surface area contributed by atoms with Crippen LogP contribution in [0.25, 0.3) is 0 Å². The first-order valence-electron chi connectivity index (χ1n) is 4.96. The number of furan rings is 1. The summed E-state index contributed by atoms with van der Waals surface area (Å²) < 4.78 is 5.35. The molecule has 15 heavy (non-hydrogen) atoms. The number of amides is 1. The van der Waals surface area contributed by atoms with Crippen molar-refractivity contribution in [3.8, 4) is 0 Å². The van der Waals surface area contributed by atoms with E-state index in [1.165, 1.54) is 0 Å². The lowest BCUT2D eigenvalue weighted by Crippen LogP contribution is -2.31. The van der Waals surface area contributed by atoms with Crippen LogP contribution in [0.1, 0.15) is 34.4 Å². The Morgan fingerprint density at radius 1 is 1.40 bits per heavy atom. The number of rotatable bonds is 3. The molecule has 0 saturated carbocycles. The first kappa shape index (κ1) is 11.8. The Morgan fingerprint density at radius 2 is 2.00 bits per heavy atom.